The number of nitrogens with one attached hydrogen (secondary N) is 1. The Morgan fingerprint density at radius 2 is 2.00 bits per heavy atom. The molecule has 1 aromatic heterocycles. The number of hydrogen-bond acceptors (Lipinski definition) is 4. The van der Waals surface area contributed by atoms with E-state index in [1.165, 1.54) is 23.5 Å². The second kappa shape index (κ2) is 6.95. The molecule has 2 rings (SSSR count). The van der Waals surface area contributed by atoms with E-state index in [1.54, 1.807) is 29.4 Å². The second-order valence-electron chi connectivity index (χ2n) is 4.09. The van der Waals surface area contributed by atoms with Gasteiger partial charge in [-0.05, 0) is 24.3 Å². The second-order valence-corrected chi connectivity index (χ2v) is 5.86. The maximum absolute atomic E-state index is 12.0. The van der Waals surface area contributed by atoms with E-state index in [-0.39, 0.29) is 5.56 Å². The van der Waals surface area contributed by atoms with Gasteiger partial charge in [-0.1, -0.05) is 0 Å². The summed E-state index contributed by atoms with van der Waals surface area (Å²) >= 11 is 3.07. The van der Waals surface area contributed by atoms with Gasteiger partial charge in [-0.15, -0.1) is 23.1 Å². The summed E-state index contributed by atoms with van der Waals surface area (Å²) in [5.41, 5.74) is 2.93. The van der Waals surface area contributed by atoms with Crippen molar-refractivity contribution >= 4 is 29.0 Å². The van der Waals surface area contributed by atoms with Gasteiger partial charge in [0, 0.05) is 21.6 Å². The molecule has 1 aromatic carbocycles. The van der Waals surface area contributed by atoms with Gasteiger partial charge in [0.2, 0.25) is 0 Å². The predicted octanol–water partition coefficient (Wildman–Crippen LogP) is 3.73. The standard InChI is InChI=1S/C13H11F3N2OS2/c14-13(15,16)7-17-12(19)9-1-3-11(4-2-9)21-6-10-5-20-8-18-10/h1-5,8H,6-7H2,(H,17,19). The fourth-order valence-corrected chi connectivity index (χ4v) is 2.92. The Labute approximate surface area is 127 Å². The lowest BCUT2D eigenvalue weighted by Gasteiger charge is -2.08. The monoisotopic (exact) mass is 332 g/mol. The highest BCUT2D eigenvalue weighted by atomic mass is 32.2. The molecule has 0 aliphatic heterocycles. The van der Waals surface area contributed by atoms with E-state index < -0.39 is 18.6 Å². The largest absolute Gasteiger partial charge is 0.405 e. The summed E-state index contributed by atoms with van der Waals surface area (Å²) in [7, 11) is 0. The van der Waals surface area contributed by atoms with Crippen LogP contribution in [-0.4, -0.2) is 23.6 Å². The number of aromatic nitrogens is 1. The molecule has 112 valence electrons. The summed E-state index contributed by atoms with van der Waals surface area (Å²) in [6.07, 6.45) is -4.40. The van der Waals surface area contributed by atoms with Crippen LogP contribution < -0.4 is 5.32 Å². The van der Waals surface area contributed by atoms with Crippen LogP contribution >= 0.6 is 23.1 Å². The molecular weight excluding hydrogens is 321 g/mol. The third kappa shape index (κ3) is 5.39. The molecule has 0 spiro atoms. The van der Waals surface area contributed by atoms with Crippen LogP contribution in [0.15, 0.2) is 40.1 Å². The SMILES string of the molecule is O=C(NCC(F)(F)F)c1ccc(SCc2cscn2)cc1. The molecule has 8 heteroatoms. The normalized spacial score (nSPS) is 11.4. The van der Waals surface area contributed by atoms with Crippen molar-refractivity contribution < 1.29 is 18.0 Å². The van der Waals surface area contributed by atoms with Crippen LogP contribution in [0.25, 0.3) is 0 Å². The summed E-state index contributed by atoms with van der Waals surface area (Å²) in [4.78, 5) is 16.6. The van der Waals surface area contributed by atoms with Crippen molar-refractivity contribution in [3.63, 3.8) is 0 Å². The lowest BCUT2D eigenvalue weighted by Crippen LogP contribution is -2.33. The van der Waals surface area contributed by atoms with E-state index in [0.717, 1.165) is 10.6 Å². The van der Waals surface area contributed by atoms with E-state index in [4.69, 9.17) is 0 Å². The van der Waals surface area contributed by atoms with Gasteiger partial charge in [-0.3, -0.25) is 4.79 Å². The summed E-state index contributed by atoms with van der Waals surface area (Å²) < 4.78 is 36.0. The minimum absolute atomic E-state index is 0.206. The molecule has 0 aliphatic rings. The van der Waals surface area contributed by atoms with Crippen LogP contribution in [0.4, 0.5) is 13.2 Å². The predicted molar refractivity (Wildman–Crippen MR) is 76.5 cm³/mol. The zero-order chi connectivity index (χ0) is 15.3. The van der Waals surface area contributed by atoms with Crippen molar-refractivity contribution in [2.75, 3.05) is 6.54 Å². The van der Waals surface area contributed by atoms with Gasteiger partial charge < -0.3 is 5.32 Å². The molecule has 1 N–H and O–H groups in total. The van der Waals surface area contributed by atoms with Gasteiger partial charge in [0.25, 0.3) is 5.91 Å². The highest BCUT2D eigenvalue weighted by molar-refractivity contribution is 7.98. The molecule has 2 aromatic rings. The van der Waals surface area contributed by atoms with E-state index in [1.807, 2.05) is 10.7 Å². The number of carbonyl (C=O) groups excluding carboxylic acids is 1. The smallest absolute Gasteiger partial charge is 0.343 e. The van der Waals surface area contributed by atoms with E-state index in [2.05, 4.69) is 4.98 Å². The van der Waals surface area contributed by atoms with Crippen molar-refractivity contribution in [3.8, 4) is 0 Å². The molecule has 3 nitrogen and oxygen atoms in total. The van der Waals surface area contributed by atoms with Crippen molar-refractivity contribution in [3.05, 3.63) is 46.4 Å². The number of nitrogens with zero attached hydrogens (tertiary/aromatic N) is 1. The highest BCUT2D eigenvalue weighted by Crippen LogP contribution is 2.23. The van der Waals surface area contributed by atoms with Gasteiger partial charge in [-0.2, -0.15) is 13.2 Å². The number of alkyl halides is 3. The number of carbonyl (C=O) groups is 1. The number of benzene rings is 1. The van der Waals surface area contributed by atoms with Crippen LogP contribution in [0.1, 0.15) is 16.1 Å². The van der Waals surface area contributed by atoms with Crippen LogP contribution in [0, 0.1) is 0 Å². The summed E-state index contributed by atoms with van der Waals surface area (Å²) in [5, 5.41) is 3.78. The van der Waals surface area contributed by atoms with E-state index in [0.29, 0.717) is 5.75 Å². The van der Waals surface area contributed by atoms with Crippen LogP contribution in [-0.2, 0) is 5.75 Å². The van der Waals surface area contributed by atoms with Crippen molar-refractivity contribution in [1.29, 1.82) is 0 Å². The number of thioether (sulfide) groups is 1. The molecular formula is C13H11F3N2OS2. The Morgan fingerprint density at radius 1 is 1.29 bits per heavy atom. The van der Waals surface area contributed by atoms with Crippen LogP contribution in [0.5, 0.6) is 0 Å². The minimum Gasteiger partial charge on any atom is -0.343 e. The topological polar surface area (TPSA) is 42.0 Å². The summed E-state index contributed by atoms with van der Waals surface area (Å²) in [6, 6.07) is 6.43. The first-order chi connectivity index (χ1) is 9.94. The average Bonchev–Trinajstić information content (AvgIpc) is 2.95. The van der Waals surface area contributed by atoms with Gasteiger partial charge >= 0.3 is 6.18 Å². The molecule has 0 atom stereocenters. The van der Waals surface area contributed by atoms with E-state index in [9.17, 15) is 18.0 Å². The number of thiazole rings is 1. The lowest BCUT2D eigenvalue weighted by atomic mass is 10.2. The first kappa shape index (κ1) is 15.8. The fraction of sp³-hybridized carbons (Fsp3) is 0.231. The molecule has 1 amide bonds. The van der Waals surface area contributed by atoms with Crippen LogP contribution in [0.2, 0.25) is 0 Å². The minimum atomic E-state index is -4.40. The number of hydrogen-bond donors (Lipinski definition) is 1. The molecule has 0 fully saturated rings. The van der Waals surface area contributed by atoms with Gasteiger partial charge in [0.05, 0.1) is 11.2 Å². The first-order valence-corrected chi connectivity index (χ1v) is 7.82. The quantitative estimate of drug-likeness (QED) is 0.849. The van der Waals surface area contributed by atoms with Crippen molar-refractivity contribution in [2.24, 2.45) is 0 Å². The molecule has 0 unspecified atom stereocenters. The Hall–Kier alpha value is -1.54. The third-order valence-corrected chi connectivity index (χ3v) is 4.12. The van der Waals surface area contributed by atoms with Gasteiger partial charge in [0.15, 0.2) is 0 Å². The molecule has 0 saturated heterocycles. The van der Waals surface area contributed by atoms with Gasteiger partial charge in [-0.25, -0.2) is 4.98 Å². The number of amides is 1. The van der Waals surface area contributed by atoms with Crippen molar-refractivity contribution in [1.82, 2.24) is 10.3 Å². The maximum Gasteiger partial charge on any atom is 0.405 e. The molecule has 0 saturated carbocycles. The third-order valence-electron chi connectivity index (χ3n) is 2.44. The lowest BCUT2D eigenvalue weighted by molar-refractivity contribution is -0.123. The number of halogens is 3. The number of rotatable bonds is 5. The molecule has 0 radical (unpaired) electrons. The molecule has 1 heterocycles. The Morgan fingerprint density at radius 3 is 2.57 bits per heavy atom. The van der Waals surface area contributed by atoms with E-state index >= 15 is 0 Å². The van der Waals surface area contributed by atoms with Crippen LogP contribution in [0.3, 0.4) is 0 Å². The molecule has 21 heavy (non-hydrogen) atoms. The zero-order valence-corrected chi connectivity index (χ0v) is 12.3. The molecule has 0 aliphatic carbocycles. The highest BCUT2D eigenvalue weighted by Gasteiger charge is 2.27. The average molecular weight is 332 g/mol. The molecule has 0 bridgehead atoms. The summed E-state index contributed by atoms with van der Waals surface area (Å²) in [6.45, 7) is -1.33. The summed E-state index contributed by atoms with van der Waals surface area (Å²) in [5.74, 6) is -0.0216. The zero-order valence-electron chi connectivity index (χ0n) is 10.7. The Bertz CT molecular complexity index is 582. The fourth-order valence-electron chi connectivity index (χ4n) is 1.45. The van der Waals surface area contributed by atoms with Gasteiger partial charge in [0.1, 0.15) is 6.54 Å². The van der Waals surface area contributed by atoms with Crippen molar-refractivity contribution in [2.45, 2.75) is 16.8 Å². The Balaban J connectivity index is 1.87. The maximum atomic E-state index is 12.0. The first-order valence-electron chi connectivity index (χ1n) is 5.89. The Kier molecular flexibility index (Phi) is 5.24.